The van der Waals surface area contributed by atoms with Crippen LogP contribution in [0.3, 0.4) is 0 Å². The van der Waals surface area contributed by atoms with Crippen LogP contribution in [0.4, 0.5) is 0 Å². The smallest absolute Gasteiger partial charge is 0.123 e. The molecule has 0 aromatic heterocycles. The molecule has 0 saturated carbocycles. The monoisotopic (exact) mass is 322 g/mol. The predicted octanol–water partition coefficient (Wildman–Crippen LogP) is 2.09. The quantitative estimate of drug-likeness (QED) is 0.900. The fourth-order valence-corrected chi connectivity index (χ4v) is 2.27. The van der Waals surface area contributed by atoms with Crippen LogP contribution >= 0.6 is 24.8 Å². The highest BCUT2D eigenvalue weighted by Gasteiger charge is 2.13. The first-order chi connectivity index (χ1) is 8.83. The minimum Gasteiger partial charge on any atom is -0.496 e. The molecule has 1 fully saturated rings. The Morgan fingerprint density at radius 2 is 1.95 bits per heavy atom. The second-order valence-corrected chi connectivity index (χ2v) is 4.57. The fourth-order valence-electron chi connectivity index (χ4n) is 2.27. The molecule has 0 atom stereocenters. The maximum absolute atomic E-state index is 5.44. The summed E-state index contributed by atoms with van der Waals surface area (Å²) < 4.78 is 10.8. The molecule has 1 aromatic rings. The number of morpholine rings is 1. The second-order valence-electron chi connectivity index (χ2n) is 4.57. The molecule has 0 bridgehead atoms. The Kier molecular flexibility index (Phi) is 9.98. The molecule has 1 N–H and O–H groups in total. The maximum Gasteiger partial charge on any atom is 0.123 e. The number of benzene rings is 1. The van der Waals surface area contributed by atoms with E-state index in [0.717, 1.165) is 45.1 Å². The molecule has 1 aliphatic rings. The molecule has 0 unspecified atom stereocenters. The van der Waals surface area contributed by atoms with Crippen molar-refractivity contribution in [2.75, 3.05) is 40.5 Å². The van der Waals surface area contributed by atoms with E-state index in [1.807, 2.05) is 7.05 Å². The van der Waals surface area contributed by atoms with Gasteiger partial charge < -0.3 is 14.8 Å². The molecule has 1 heterocycles. The summed E-state index contributed by atoms with van der Waals surface area (Å²) in [4.78, 5) is 2.41. The van der Waals surface area contributed by atoms with Gasteiger partial charge in [0.1, 0.15) is 5.75 Å². The number of ether oxygens (including phenoxy) is 2. The SMILES string of the molecule is CNCc1ccc(OC)c(CN2CCOCC2)c1.Cl.Cl. The van der Waals surface area contributed by atoms with Crippen molar-refractivity contribution in [2.24, 2.45) is 0 Å². The van der Waals surface area contributed by atoms with Crippen molar-refractivity contribution in [3.63, 3.8) is 0 Å². The fraction of sp³-hybridized carbons (Fsp3) is 0.571. The topological polar surface area (TPSA) is 33.7 Å². The van der Waals surface area contributed by atoms with Crippen molar-refractivity contribution in [2.45, 2.75) is 13.1 Å². The van der Waals surface area contributed by atoms with Gasteiger partial charge in [-0.3, -0.25) is 4.90 Å². The van der Waals surface area contributed by atoms with Crippen molar-refractivity contribution >= 4 is 24.8 Å². The molecule has 0 amide bonds. The lowest BCUT2D eigenvalue weighted by Crippen LogP contribution is -2.35. The highest BCUT2D eigenvalue weighted by atomic mass is 35.5. The van der Waals surface area contributed by atoms with E-state index in [2.05, 4.69) is 28.4 Å². The van der Waals surface area contributed by atoms with Crippen LogP contribution in [0.25, 0.3) is 0 Å². The second kappa shape index (κ2) is 10.2. The van der Waals surface area contributed by atoms with Gasteiger partial charge in [0.05, 0.1) is 20.3 Å². The van der Waals surface area contributed by atoms with Crippen molar-refractivity contribution in [1.29, 1.82) is 0 Å². The Hall–Kier alpha value is -0.520. The third-order valence-electron chi connectivity index (χ3n) is 3.22. The zero-order valence-electron chi connectivity index (χ0n) is 12.1. The molecule has 0 spiro atoms. The first-order valence-corrected chi connectivity index (χ1v) is 6.44. The average Bonchev–Trinajstić information content (AvgIpc) is 2.41. The number of hydrogen-bond donors (Lipinski definition) is 1. The molecule has 2 rings (SSSR count). The van der Waals surface area contributed by atoms with Crippen LogP contribution in [0.5, 0.6) is 5.75 Å². The van der Waals surface area contributed by atoms with Crippen LogP contribution in [0.2, 0.25) is 0 Å². The Balaban J connectivity index is 0.00000180. The van der Waals surface area contributed by atoms with E-state index in [9.17, 15) is 0 Å². The van der Waals surface area contributed by atoms with Crippen LogP contribution in [0.1, 0.15) is 11.1 Å². The van der Waals surface area contributed by atoms with Gasteiger partial charge >= 0.3 is 0 Å². The predicted molar refractivity (Wildman–Crippen MR) is 86.3 cm³/mol. The number of hydrogen-bond acceptors (Lipinski definition) is 4. The van der Waals surface area contributed by atoms with Crippen molar-refractivity contribution in [3.05, 3.63) is 29.3 Å². The van der Waals surface area contributed by atoms with E-state index < -0.39 is 0 Å². The average molecular weight is 323 g/mol. The van der Waals surface area contributed by atoms with E-state index in [1.54, 1.807) is 7.11 Å². The number of rotatable bonds is 5. The molecule has 1 saturated heterocycles. The lowest BCUT2D eigenvalue weighted by atomic mass is 10.1. The van der Waals surface area contributed by atoms with Crippen molar-refractivity contribution in [1.82, 2.24) is 10.2 Å². The van der Waals surface area contributed by atoms with Gasteiger partial charge in [-0.15, -0.1) is 24.8 Å². The Morgan fingerprint density at radius 1 is 1.25 bits per heavy atom. The van der Waals surface area contributed by atoms with E-state index in [0.29, 0.717) is 0 Å². The molecule has 20 heavy (non-hydrogen) atoms. The summed E-state index contributed by atoms with van der Waals surface area (Å²) in [6.07, 6.45) is 0. The minimum absolute atomic E-state index is 0. The zero-order chi connectivity index (χ0) is 12.8. The largest absolute Gasteiger partial charge is 0.496 e. The summed E-state index contributed by atoms with van der Waals surface area (Å²) in [5.41, 5.74) is 2.55. The number of nitrogens with zero attached hydrogens (tertiary/aromatic N) is 1. The summed E-state index contributed by atoms with van der Waals surface area (Å²) in [5, 5.41) is 3.18. The first kappa shape index (κ1) is 19.5. The molecule has 0 radical (unpaired) electrons. The van der Waals surface area contributed by atoms with Gasteiger partial charge in [0.2, 0.25) is 0 Å². The van der Waals surface area contributed by atoms with Crippen LogP contribution in [0.15, 0.2) is 18.2 Å². The standard InChI is InChI=1S/C14H22N2O2.2ClH/c1-15-10-12-3-4-14(17-2)13(9-12)11-16-5-7-18-8-6-16;;/h3-4,9,15H,5-8,10-11H2,1-2H3;2*1H. The Labute approximate surface area is 133 Å². The molecule has 4 nitrogen and oxygen atoms in total. The van der Waals surface area contributed by atoms with E-state index in [1.165, 1.54) is 11.1 Å². The molecule has 1 aromatic carbocycles. The number of methoxy groups -OCH3 is 1. The third-order valence-corrected chi connectivity index (χ3v) is 3.22. The van der Waals surface area contributed by atoms with Gasteiger partial charge in [0.15, 0.2) is 0 Å². The van der Waals surface area contributed by atoms with Gasteiger partial charge in [-0.1, -0.05) is 6.07 Å². The van der Waals surface area contributed by atoms with Gasteiger partial charge in [-0.05, 0) is 24.7 Å². The lowest BCUT2D eigenvalue weighted by molar-refractivity contribution is 0.0339. The number of halogens is 2. The van der Waals surface area contributed by atoms with Gasteiger partial charge in [0.25, 0.3) is 0 Å². The van der Waals surface area contributed by atoms with E-state index >= 15 is 0 Å². The van der Waals surface area contributed by atoms with E-state index in [-0.39, 0.29) is 24.8 Å². The summed E-state index contributed by atoms with van der Waals surface area (Å²) in [7, 11) is 3.70. The van der Waals surface area contributed by atoms with Gasteiger partial charge in [0, 0.05) is 31.7 Å². The molecule has 6 heteroatoms. The Bertz CT molecular complexity index is 385. The molecular formula is C14H24Cl2N2O2. The Morgan fingerprint density at radius 3 is 2.55 bits per heavy atom. The van der Waals surface area contributed by atoms with E-state index in [4.69, 9.17) is 9.47 Å². The normalized spacial score (nSPS) is 15.1. The van der Waals surface area contributed by atoms with Crippen LogP contribution in [-0.2, 0) is 17.8 Å². The molecule has 0 aliphatic carbocycles. The van der Waals surface area contributed by atoms with Gasteiger partial charge in [-0.25, -0.2) is 0 Å². The highest BCUT2D eigenvalue weighted by molar-refractivity contribution is 5.85. The summed E-state index contributed by atoms with van der Waals surface area (Å²) in [5.74, 6) is 0.973. The van der Waals surface area contributed by atoms with Crippen LogP contribution in [-0.4, -0.2) is 45.4 Å². The van der Waals surface area contributed by atoms with Gasteiger partial charge in [-0.2, -0.15) is 0 Å². The summed E-state index contributed by atoms with van der Waals surface area (Å²) in [6.45, 7) is 5.49. The third kappa shape index (κ3) is 5.46. The summed E-state index contributed by atoms with van der Waals surface area (Å²) >= 11 is 0. The zero-order valence-corrected chi connectivity index (χ0v) is 13.7. The van der Waals surface area contributed by atoms with Crippen molar-refractivity contribution in [3.8, 4) is 5.75 Å². The molecule has 1 aliphatic heterocycles. The van der Waals surface area contributed by atoms with Crippen LogP contribution < -0.4 is 10.1 Å². The lowest BCUT2D eigenvalue weighted by Gasteiger charge is -2.27. The number of nitrogens with one attached hydrogen (secondary N) is 1. The molecular weight excluding hydrogens is 299 g/mol. The van der Waals surface area contributed by atoms with Crippen molar-refractivity contribution < 1.29 is 9.47 Å². The minimum atomic E-state index is 0. The first-order valence-electron chi connectivity index (χ1n) is 6.44. The molecule has 116 valence electrons. The maximum atomic E-state index is 5.44. The van der Waals surface area contributed by atoms with Crippen LogP contribution in [0, 0.1) is 0 Å². The highest BCUT2D eigenvalue weighted by Crippen LogP contribution is 2.22. The summed E-state index contributed by atoms with van der Waals surface area (Å²) in [6, 6.07) is 6.39.